The first-order valence-corrected chi connectivity index (χ1v) is 4.71. The standard InChI is InChI=1S/C9H11F3N4O/c10-9(11,12)6-2-1-3-7(16-6)14-4-5-15-8(13)17/h1-3H,4-5H2,(H,14,16)(H3,13,15,17). The first kappa shape index (κ1) is 13.1. The smallest absolute Gasteiger partial charge is 0.368 e. The highest BCUT2D eigenvalue weighted by atomic mass is 19.4. The van der Waals surface area contributed by atoms with Crippen molar-refractivity contribution >= 4 is 11.8 Å². The number of anilines is 1. The van der Waals surface area contributed by atoms with Crippen molar-refractivity contribution in [1.29, 1.82) is 0 Å². The zero-order valence-electron chi connectivity index (χ0n) is 8.71. The number of amides is 2. The van der Waals surface area contributed by atoms with Gasteiger partial charge in [-0.1, -0.05) is 6.07 Å². The second-order valence-electron chi connectivity index (χ2n) is 3.12. The first-order valence-electron chi connectivity index (χ1n) is 4.71. The Morgan fingerprint density at radius 1 is 1.35 bits per heavy atom. The van der Waals surface area contributed by atoms with Crippen LogP contribution in [0.15, 0.2) is 18.2 Å². The first-order chi connectivity index (χ1) is 7.89. The zero-order valence-corrected chi connectivity index (χ0v) is 8.71. The van der Waals surface area contributed by atoms with Crippen molar-refractivity contribution < 1.29 is 18.0 Å². The topological polar surface area (TPSA) is 80.0 Å². The zero-order chi connectivity index (χ0) is 12.9. The van der Waals surface area contributed by atoms with E-state index in [1.54, 1.807) is 0 Å². The van der Waals surface area contributed by atoms with E-state index in [0.29, 0.717) is 0 Å². The molecule has 1 rings (SSSR count). The molecular formula is C9H11F3N4O. The van der Waals surface area contributed by atoms with Crippen LogP contribution < -0.4 is 16.4 Å². The summed E-state index contributed by atoms with van der Waals surface area (Å²) in [5, 5.41) is 4.92. The van der Waals surface area contributed by atoms with Crippen LogP contribution in [-0.2, 0) is 6.18 Å². The van der Waals surface area contributed by atoms with E-state index < -0.39 is 17.9 Å². The number of nitrogens with zero attached hydrogens (tertiary/aromatic N) is 1. The van der Waals surface area contributed by atoms with Gasteiger partial charge in [0.05, 0.1) is 0 Å². The van der Waals surface area contributed by atoms with E-state index in [9.17, 15) is 18.0 Å². The molecule has 0 fully saturated rings. The van der Waals surface area contributed by atoms with Crippen molar-refractivity contribution in [3.05, 3.63) is 23.9 Å². The predicted octanol–water partition coefficient (Wildman–Crippen LogP) is 1.18. The second-order valence-corrected chi connectivity index (χ2v) is 3.12. The van der Waals surface area contributed by atoms with Crippen molar-refractivity contribution in [2.45, 2.75) is 6.18 Å². The number of pyridine rings is 1. The molecule has 0 aliphatic carbocycles. The van der Waals surface area contributed by atoms with Gasteiger partial charge in [-0.05, 0) is 12.1 Å². The Labute approximate surface area is 95.2 Å². The number of urea groups is 1. The lowest BCUT2D eigenvalue weighted by molar-refractivity contribution is -0.141. The number of carbonyl (C=O) groups excluding carboxylic acids is 1. The molecular weight excluding hydrogens is 237 g/mol. The summed E-state index contributed by atoms with van der Waals surface area (Å²) < 4.78 is 36.9. The van der Waals surface area contributed by atoms with Gasteiger partial charge in [0.25, 0.3) is 0 Å². The molecule has 0 aliphatic heterocycles. The molecule has 1 heterocycles. The van der Waals surface area contributed by atoms with E-state index in [0.717, 1.165) is 6.07 Å². The third-order valence-electron chi connectivity index (χ3n) is 1.77. The normalized spacial score (nSPS) is 11.0. The number of nitrogens with two attached hydrogens (primary N) is 1. The number of primary amides is 1. The molecule has 0 bridgehead atoms. The van der Waals surface area contributed by atoms with Crippen LogP contribution in [-0.4, -0.2) is 24.1 Å². The summed E-state index contributed by atoms with van der Waals surface area (Å²) in [6.07, 6.45) is -4.47. The highest BCUT2D eigenvalue weighted by Crippen LogP contribution is 2.27. The molecule has 0 atom stereocenters. The second kappa shape index (κ2) is 5.37. The number of carbonyl (C=O) groups is 1. The molecule has 5 nitrogen and oxygen atoms in total. The summed E-state index contributed by atoms with van der Waals surface area (Å²) in [5.74, 6) is 0.0890. The molecule has 0 saturated carbocycles. The van der Waals surface area contributed by atoms with Crippen LogP contribution >= 0.6 is 0 Å². The summed E-state index contributed by atoms with van der Waals surface area (Å²) in [6.45, 7) is 0.435. The number of halogens is 3. The van der Waals surface area contributed by atoms with Gasteiger partial charge in [-0.2, -0.15) is 13.2 Å². The average molecular weight is 248 g/mol. The van der Waals surface area contributed by atoms with Gasteiger partial charge in [-0.3, -0.25) is 0 Å². The van der Waals surface area contributed by atoms with E-state index in [2.05, 4.69) is 15.6 Å². The minimum absolute atomic E-state index is 0.0890. The third-order valence-corrected chi connectivity index (χ3v) is 1.77. The third kappa shape index (κ3) is 4.58. The van der Waals surface area contributed by atoms with Gasteiger partial charge < -0.3 is 16.4 Å². The van der Waals surface area contributed by atoms with Crippen LogP contribution in [0, 0.1) is 0 Å². The Kier molecular flexibility index (Phi) is 4.13. The summed E-state index contributed by atoms with van der Waals surface area (Å²) >= 11 is 0. The maximum atomic E-state index is 12.3. The number of aromatic nitrogens is 1. The van der Waals surface area contributed by atoms with Crippen LogP contribution in [0.5, 0.6) is 0 Å². The van der Waals surface area contributed by atoms with E-state index in [1.807, 2.05) is 0 Å². The largest absolute Gasteiger partial charge is 0.433 e. The van der Waals surface area contributed by atoms with Gasteiger partial charge >= 0.3 is 12.2 Å². The lowest BCUT2D eigenvalue weighted by Crippen LogP contribution is -2.33. The fourth-order valence-corrected chi connectivity index (χ4v) is 1.07. The Hall–Kier alpha value is -1.99. The number of alkyl halides is 3. The fraction of sp³-hybridized carbons (Fsp3) is 0.333. The molecule has 0 saturated heterocycles. The van der Waals surface area contributed by atoms with Crippen LogP contribution in [0.1, 0.15) is 5.69 Å². The summed E-state index contributed by atoms with van der Waals surface area (Å²) in [5.41, 5.74) is 3.84. The maximum Gasteiger partial charge on any atom is 0.433 e. The molecule has 0 radical (unpaired) electrons. The Balaban J connectivity index is 2.52. The molecule has 0 aliphatic rings. The van der Waals surface area contributed by atoms with Crippen molar-refractivity contribution in [3.8, 4) is 0 Å². The Bertz CT molecular complexity index is 394. The summed E-state index contributed by atoms with van der Waals surface area (Å²) in [4.78, 5) is 13.7. The lowest BCUT2D eigenvalue weighted by atomic mass is 10.3. The van der Waals surface area contributed by atoms with Crippen LogP contribution in [0.3, 0.4) is 0 Å². The number of hydrogen-bond acceptors (Lipinski definition) is 3. The molecule has 17 heavy (non-hydrogen) atoms. The number of hydrogen-bond donors (Lipinski definition) is 3. The highest BCUT2D eigenvalue weighted by molar-refractivity contribution is 5.71. The van der Waals surface area contributed by atoms with E-state index in [4.69, 9.17) is 5.73 Å². The van der Waals surface area contributed by atoms with E-state index in [1.165, 1.54) is 12.1 Å². The fourth-order valence-electron chi connectivity index (χ4n) is 1.07. The SMILES string of the molecule is NC(=O)NCCNc1cccc(C(F)(F)F)n1. The molecule has 8 heteroatoms. The van der Waals surface area contributed by atoms with Crippen molar-refractivity contribution in [1.82, 2.24) is 10.3 Å². The quantitative estimate of drug-likeness (QED) is 0.700. The molecule has 4 N–H and O–H groups in total. The van der Waals surface area contributed by atoms with E-state index in [-0.39, 0.29) is 18.9 Å². The van der Waals surface area contributed by atoms with Gasteiger partial charge in [0.2, 0.25) is 0 Å². The average Bonchev–Trinajstić information content (AvgIpc) is 2.23. The van der Waals surface area contributed by atoms with Crippen molar-refractivity contribution in [3.63, 3.8) is 0 Å². The molecule has 94 valence electrons. The van der Waals surface area contributed by atoms with E-state index >= 15 is 0 Å². The molecule has 2 amide bonds. The summed E-state index contributed by atoms with van der Waals surface area (Å²) in [6, 6.07) is 2.84. The lowest BCUT2D eigenvalue weighted by Gasteiger charge is -2.09. The van der Waals surface area contributed by atoms with Crippen LogP contribution in [0.2, 0.25) is 0 Å². The maximum absolute atomic E-state index is 12.3. The minimum atomic E-state index is -4.47. The highest BCUT2D eigenvalue weighted by Gasteiger charge is 2.32. The Morgan fingerprint density at radius 2 is 2.06 bits per heavy atom. The van der Waals surface area contributed by atoms with Crippen molar-refractivity contribution in [2.24, 2.45) is 5.73 Å². The molecule has 1 aromatic rings. The predicted molar refractivity (Wildman–Crippen MR) is 55.3 cm³/mol. The number of nitrogens with one attached hydrogen (secondary N) is 2. The molecule has 0 aromatic carbocycles. The van der Waals surface area contributed by atoms with Gasteiger partial charge in [0.15, 0.2) is 0 Å². The monoisotopic (exact) mass is 248 g/mol. The van der Waals surface area contributed by atoms with Gasteiger partial charge in [0.1, 0.15) is 11.5 Å². The summed E-state index contributed by atoms with van der Waals surface area (Å²) in [7, 11) is 0. The number of rotatable bonds is 4. The van der Waals surface area contributed by atoms with Gasteiger partial charge in [-0.15, -0.1) is 0 Å². The van der Waals surface area contributed by atoms with Gasteiger partial charge in [-0.25, -0.2) is 9.78 Å². The molecule has 1 aromatic heterocycles. The van der Waals surface area contributed by atoms with Crippen molar-refractivity contribution in [2.75, 3.05) is 18.4 Å². The Morgan fingerprint density at radius 3 is 2.65 bits per heavy atom. The van der Waals surface area contributed by atoms with Crippen LogP contribution in [0.25, 0.3) is 0 Å². The molecule has 0 spiro atoms. The van der Waals surface area contributed by atoms with Crippen LogP contribution in [0.4, 0.5) is 23.8 Å². The minimum Gasteiger partial charge on any atom is -0.368 e. The van der Waals surface area contributed by atoms with Gasteiger partial charge in [0, 0.05) is 13.1 Å². The molecule has 0 unspecified atom stereocenters.